The van der Waals surface area contributed by atoms with Crippen molar-refractivity contribution in [1.82, 2.24) is 9.46 Å². The Hall–Kier alpha value is -3.63. The minimum Gasteiger partial charge on any atom is -0.488 e. The van der Waals surface area contributed by atoms with Crippen molar-refractivity contribution in [2.24, 2.45) is 0 Å². The molecule has 34 heavy (non-hydrogen) atoms. The van der Waals surface area contributed by atoms with E-state index in [9.17, 15) is 13.2 Å². The molecular weight excluding hydrogens is 460 g/mol. The van der Waals surface area contributed by atoms with E-state index in [1.165, 1.54) is 26.2 Å². The normalized spacial score (nSPS) is 11.8. The SMILES string of the molecule is Cc1noc(C)c1COc1cc2ccccc2cc1C(=O)OCc1ccc(S(=O)(=O)N(C)C)o1. The summed E-state index contributed by atoms with van der Waals surface area (Å²) < 4.78 is 47.4. The van der Waals surface area contributed by atoms with Gasteiger partial charge < -0.3 is 18.4 Å². The summed E-state index contributed by atoms with van der Waals surface area (Å²) in [7, 11) is -0.912. The van der Waals surface area contributed by atoms with Crippen molar-refractivity contribution >= 4 is 26.8 Å². The highest BCUT2D eigenvalue weighted by Crippen LogP contribution is 2.29. The van der Waals surface area contributed by atoms with Crippen LogP contribution in [0.3, 0.4) is 0 Å². The zero-order chi connectivity index (χ0) is 24.5. The second kappa shape index (κ2) is 9.32. The van der Waals surface area contributed by atoms with Gasteiger partial charge in [0, 0.05) is 14.1 Å². The number of sulfonamides is 1. The number of carbonyl (C=O) groups is 1. The van der Waals surface area contributed by atoms with E-state index in [2.05, 4.69) is 5.16 Å². The molecule has 2 heterocycles. The average molecular weight is 485 g/mol. The first-order valence-corrected chi connectivity index (χ1v) is 11.9. The molecular formula is C24H24N2O7S. The molecule has 10 heteroatoms. The Balaban J connectivity index is 1.57. The van der Waals surface area contributed by atoms with E-state index in [0.717, 1.165) is 20.6 Å². The molecule has 0 aliphatic carbocycles. The van der Waals surface area contributed by atoms with Crippen LogP contribution in [0.5, 0.6) is 5.75 Å². The third kappa shape index (κ3) is 4.68. The van der Waals surface area contributed by atoms with Crippen molar-refractivity contribution in [3.8, 4) is 5.75 Å². The van der Waals surface area contributed by atoms with E-state index in [1.54, 1.807) is 19.1 Å². The molecule has 0 spiro atoms. The van der Waals surface area contributed by atoms with E-state index in [4.69, 9.17) is 18.4 Å². The van der Waals surface area contributed by atoms with Crippen molar-refractivity contribution in [2.75, 3.05) is 14.1 Å². The molecule has 9 nitrogen and oxygen atoms in total. The molecule has 0 saturated heterocycles. The lowest BCUT2D eigenvalue weighted by Gasteiger charge is -2.13. The van der Waals surface area contributed by atoms with Crippen LogP contribution in [0.25, 0.3) is 10.8 Å². The predicted molar refractivity (Wildman–Crippen MR) is 123 cm³/mol. The fraction of sp³-hybridized carbons (Fsp3) is 0.250. The number of nitrogens with zero attached hydrogens (tertiary/aromatic N) is 2. The number of benzene rings is 2. The van der Waals surface area contributed by atoms with Crippen LogP contribution in [-0.4, -0.2) is 37.9 Å². The molecule has 0 radical (unpaired) electrons. The van der Waals surface area contributed by atoms with Crippen molar-refractivity contribution in [1.29, 1.82) is 0 Å². The van der Waals surface area contributed by atoms with Crippen LogP contribution in [0.15, 0.2) is 62.6 Å². The van der Waals surface area contributed by atoms with E-state index in [-0.39, 0.29) is 29.6 Å². The molecule has 0 aliphatic rings. The van der Waals surface area contributed by atoms with Gasteiger partial charge in [0.25, 0.3) is 10.0 Å². The van der Waals surface area contributed by atoms with Crippen molar-refractivity contribution in [3.63, 3.8) is 0 Å². The Morgan fingerprint density at radius 2 is 1.74 bits per heavy atom. The highest BCUT2D eigenvalue weighted by atomic mass is 32.2. The smallest absolute Gasteiger partial charge is 0.342 e. The van der Waals surface area contributed by atoms with Gasteiger partial charge in [-0.15, -0.1) is 0 Å². The first-order chi connectivity index (χ1) is 16.2. The van der Waals surface area contributed by atoms with Crippen LogP contribution < -0.4 is 4.74 Å². The summed E-state index contributed by atoms with van der Waals surface area (Å²) >= 11 is 0. The summed E-state index contributed by atoms with van der Waals surface area (Å²) in [6.45, 7) is 3.54. The number of hydrogen-bond donors (Lipinski definition) is 0. The predicted octanol–water partition coefficient (Wildman–Crippen LogP) is 4.22. The van der Waals surface area contributed by atoms with Crippen LogP contribution in [0, 0.1) is 13.8 Å². The van der Waals surface area contributed by atoms with Gasteiger partial charge in [-0.2, -0.15) is 0 Å². The van der Waals surface area contributed by atoms with Crippen molar-refractivity contribution in [3.05, 3.63) is 76.9 Å². The summed E-state index contributed by atoms with van der Waals surface area (Å²) in [5, 5.41) is 5.45. The number of aromatic nitrogens is 1. The zero-order valence-electron chi connectivity index (χ0n) is 19.2. The Kier molecular flexibility index (Phi) is 6.45. The molecule has 178 valence electrons. The quantitative estimate of drug-likeness (QED) is 0.342. The topological polar surface area (TPSA) is 112 Å². The number of ether oxygens (including phenoxy) is 2. The van der Waals surface area contributed by atoms with Gasteiger partial charge in [-0.1, -0.05) is 29.4 Å². The Morgan fingerprint density at radius 3 is 2.38 bits per heavy atom. The molecule has 0 atom stereocenters. The van der Waals surface area contributed by atoms with Crippen LogP contribution in [0.2, 0.25) is 0 Å². The Morgan fingerprint density at radius 1 is 1.03 bits per heavy atom. The molecule has 0 unspecified atom stereocenters. The Labute approximate surface area is 196 Å². The van der Waals surface area contributed by atoms with Crippen LogP contribution in [0.1, 0.15) is 33.1 Å². The molecule has 0 bridgehead atoms. The van der Waals surface area contributed by atoms with Gasteiger partial charge in [-0.3, -0.25) is 0 Å². The number of esters is 1. The molecule has 2 aromatic heterocycles. The number of hydrogen-bond acceptors (Lipinski definition) is 8. The second-order valence-corrected chi connectivity index (χ2v) is 9.95. The van der Waals surface area contributed by atoms with Crippen molar-refractivity contribution < 1.29 is 31.6 Å². The van der Waals surface area contributed by atoms with Gasteiger partial charge in [0.05, 0.1) is 11.3 Å². The monoisotopic (exact) mass is 484 g/mol. The lowest BCUT2D eigenvalue weighted by Crippen LogP contribution is -2.21. The molecule has 0 aliphatic heterocycles. The molecule has 4 rings (SSSR count). The standard InChI is InChI=1S/C24H24N2O7S/c1-15-21(16(2)33-25-15)14-30-22-12-18-8-6-5-7-17(18)11-20(22)24(27)31-13-19-9-10-23(32-19)34(28,29)26(3)4/h5-12H,13-14H2,1-4H3. The zero-order valence-corrected chi connectivity index (χ0v) is 20.0. The van der Waals surface area contributed by atoms with E-state index >= 15 is 0 Å². The van der Waals surface area contributed by atoms with E-state index in [1.807, 2.05) is 31.2 Å². The minimum atomic E-state index is -3.72. The molecule has 0 saturated carbocycles. The molecule has 0 fully saturated rings. The van der Waals surface area contributed by atoms with Gasteiger partial charge in [0.15, 0.2) is 0 Å². The second-order valence-electron chi connectivity index (χ2n) is 7.87. The van der Waals surface area contributed by atoms with Gasteiger partial charge in [0.2, 0.25) is 5.09 Å². The largest absolute Gasteiger partial charge is 0.488 e. The first-order valence-electron chi connectivity index (χ1n) is 10.4. The van der Waals surface area contributed by atoms with Crippen molar-refractivity contribution in [2.45, 2.75) is 32.2 Å². The van der Waals surface area contributed by atoms with Gasteiger partial charge in [0.1, 0.15) is 36.0 Å². The number of rotatable bonds is 8. The third-order valence-corrected chi connectivity index (χ3v) is 7.03. The van der Waals surface area contributed by atoms with E-state index < -0.39 is 16.0 Å². The maximum absolute atomic E-state index is 13.0. The molecule has 0 N–H and O–H groups in total. The maximum Gasteiger partial charge on any atom is 0.342 e. The summed E-state index contributed by atoms with van der Waals surface area (Å²) in [5.74, 6) is 0.559. The van der Waals surface area contributed by atoms with E-state index in [0.29, 0.717) is 17.2 Å². The number of aryl methyl sites for hydroxylation is 2. The summed E-state index contributed by atoms with van der Waals surface area (Å²) in [6, 6.07) is 13.8. The molecule has 0 amide bonds. The maximum atomic E-state index is 13.0. The fourth-order valence-electron chi connectivity index (χ4n) is 3.33. The van der Waals surface area contributed by atoms with Gasteiger partial charge in [-0.25, -0.2) is 17.5 Å². The summed E-state index contributed by atoms with van der Waals surface area (Å²) in [5.41, 5.74) is 1.75. The number of fused-ring (bicyclic) bond motifs is 1. The highest BCUT2D eigenvalue weighted by molar-refractivity contribution is 7.88. The summed E-state index contributed by atoms with van der Waals surface area (Å²) in [6.07, 6.45) is 0. The summed E-state index contributed by atoms with van der Waals surface area (Å²) in [4.78, 5) is 13.0. The molecule has 4 aromatic rings. The average Bonchev–Trinajstić information content (AvgIpc) is 3.42. The highest BCUT2D eigenvalue weighted by Gasteiger charge is 2.23. The van der Waals surface area contributed by atoms with Crippen LogP contribution >= 0.6 is 0 Å². The van der Waals surface area contributed by atoms with Gasteiger partial charge >= 0.3 is 5.97 Å². The van der Waals surface area contributed by atoms with Crippen LogP contribution in [-0.2, 0) is 28.0 Å². The number of furan rings is 1. The fourth-order valence-corrected chi connectivity index (χ4v) is 4.14. The lowest BCUT2D eigenvalue weighted by molar-refractivity contribution is 0.0436. The first kappa shape index (κ1) is 23.5. The lowest BCUT2D eigenvalue weighted by atomic mass is 10.1. The Bertz CT molecular complexity index is 1430. The molecule has 2 aromatic carbocycles. The van der Waals surface area contributed by atoms with Crippen LogP contribution in [0.4, 0.5) is 0 Å². The van der Waals surface area contributed by atoms with Gasteiger partial charge in [-0.05, 0) is 48.9 Å². The third-order valence-electron chi connectivity index (χ3n) is 5.34. The number of carbonyl (C=O) groups excluding carboxylic acids is 1. The minimum absolute atomic E-state index is 0.170.